The fourth-order valence-electron chi connectivity index (χ4n) is 3.39. The summed E-state index contributed by atoms with van der Waals surface area (Å²) in [6.45, 7) is 6.19. The van der Waals surface area contributed by atoms with Crippen molar-refractivity contribution in [3.8, 4) is 5.75 Å². The first-order valence-electron chi connectivity index (χ1n) is 7.77. The lowest BCUT2D eigenvalue weighted by molar-refractivity contribution is 0.312. The van der Waals surface area contributed by atoms with Crippen LogP contribution in [0.2, 0.25) is 0 Å². The highest BCUT2D eigenvalue weighted by Crippen LogP contribution is 2.30. The fourth-order valence-corrected chi connectivity index (χ4v) is 3.39. The van der Waals surface area contributed by atoms with Gasteiger partial charge in [0.25, 0.3) is 0 Å². The molecule has 4 heteroatoms. The molecule has 2 saturated heterocycles. The first-order chi connectivity index (χ1) is 9.72. The van der Waals surface area contributed by atoms with Gasteiger partial charge in [0.15, 0.2) is 0 Å². The van der Waals surface area contributed by atoms with Crippen LogP contribution in [0.25, 0.3) is 0 Å². The molecule has 2 fully saturated rings. The van der Waals surface area contributed by atoms with E-state index in [0.29, 0.717) is 5.75 Å². The Morgan fingerprint density at radius 3 is 1.62 bits per heavy atom. The van der Waals surface area contributed by atoms with E-state index in [4.69, 9.17) is 5.73 Å². The van der Waals surface area contributed by atoms with E-state index in [9.17, 15) is 5.11 Å². The number of anilines is 1. The van der Waals surface area contributed by atoms with Crippen molar-refractivity contribution >= 4 is 5.69 Å². The fraction of sp³-hybridized carbons (Fsp3) is 0.647. The van der Waals surface area contributed by atoms with Crippen molar-refractivity contribution in [2.75, 3.05) is 31.9 Å². The average Bonchev–Trinajstić information content (AvgIpc) is 3.08. The maximum absolute atomic E-state index is 10.5. The van der Waals surface area contributed by atoms with Crippen molar-refractivity contribution in [1.82, 2.24) is 9.80 Å². The van der Waals surface area contributed by atoms with E-state index in [1.165, 1.54) is 25.7 Å². The van der Waals surface area contributed by atoms with Crippen LogP contribution in [0.3, 0.4) is 0 Å². The van der Waals surface area contributed by atoms with E-state index in [2.05, 4.69) is 9.80 Å². The zero-order chi connectivity index (χ0) is 13.9. The molecule has 3 rings (SSSR count). The second kappa shape index (κ2) is 7.14. The summed E-state index contributed by atoms with van der Waals surface area (Å²) in [6, 6.07) is 3.86. The minimum absolute atomic E-state index is 0. The zero-order valence-corrected chi connectivity index (χ0v) is 12.1. The van der Waals surface area contributed by atoms with Gasteiger partial charge in [-0.15, -0.1) is 0 Å². The highest BCUT2D eigenvalue weighted by molar-refractivity contribution is 5.52. The van der Waals surface area contributed by atoms with Gasteiger partial charge in [-0.05, 0) is 64.0 Å². The van der Waals surface area contributed by atoms with Crippen LogP contribution < -0.4 is 5.73 Å². The van der Waals surface area contributed by atoms with Crippen LogP contribution in [0.4, 0.5) is 5.69 Å². The number of likely N-dealkylation sites (tertiary alicyclic amines) is 2. The Balaban J connectivity index is 0.00000161. The van der Waals surface area contributed by atoms with Crippen molar-refractivity contribution < 1.29 is 5.11 Å². The lowest BCUT2D eigenvalue weighted by atomic mass is 10.1. The summed E-state index contributed by atoms with van der Waals surface area (Å²) in [6.07, 6.45) is 5.07. The molecule has 0 saturated carbocycles. The molecule has 0 amide bonds. The number of nitrogen functional groups attached to an aromatic ring is 1. The summed E-state index contributed by atoms with van der Waals surface area (Å²) in [7, 11) is 0. The normalized spacial score (nSPS) is 19.8. The molecule has 0 atom stereocenters. The Labute approximate surface area is 128 Å². The van der Waals surface area contributed by atoms with Crippen LogP contribution in [0.5, 0.6) is 5.75 Å². The van der Waals surface area contributed by atoms with E-state index in [1.807, 2.05) is 12.1 Å². The second-order valence-corrected chi connectivity index (χ2v) is 6.15. The monoisotopic (exact) mass is 291 g/mol. The topological polar surface area (TPSA) is 52.7 Å². The minimum atomic E-state index is 0. The van der Waals surface area contributed by atoms with Gasteiger partial charge >= 0.3 is 0 Å². The van der Waals surface area contributed by atoms with Crippen LogP contribution in [-0.4, -0.2) is 41.1 Å². The number of hydrogen-bond donors (Lipinski definition) is 2. The van der Waals surface area contributed by atoms with Gasteiger partial charge in [-0.3, -0.25) is 9.80 Å². The quantitative estimate of drug-likeness (QED) is 0.661. The van der Waals surface area contributed by atoms with E-state index in [1.54, 1.807) is 0 Å². The number of hydrogen-bond acceptors (Lipinski definition) is 4. The van der Waals surface area contributed by atoms with Crippen molar-refractivity contribution in [1.29, 1.82) is 0 Å². The molecule has 1 aromatic carbocycles. The summed E-state index contributed by atoms with van der Waals surface area (Å²) in [5.41, 5.74) is 8.77. The number of nitrogens with zero attached hydrogens (tertiary/aromatic N) is 2. The Kier molecular flexibility index (Phi) is 5.48. The summed E-state index contributed by atoms with van der Waals surface area (Å²) in [4.78, 5) is 4.79. The summed E-state index contributed by atoms with van der Waals surface area (Å²) in [5.74, 6) is 0.456. The maximum Gasteiger partial charge on any atom is 0.124 e. The third-order valence-electron chi connectivity index (χ3n) is 4.48. The molecule has 0 unspecified atom stereocenters. The summed E-state index contributed by atoms with van der Waals surface area (Å²) >= 11 is 0. The molecule has 0 aromatic heterocycles. The summed E-state index contributed by atoms with van der Waals surface area (Å²) in [5, 5.41) is 10.5. The van der Waals surface area contributed by atoms with Gasteiger partial charge in [0.1, 0.15) is 5.75 Å². The van der Waals surface area contributed by atoms with Crippen molar-refractivity contribution in [2.24, 2.45) is 0 Å². The Hall–Kier alpha value is -1.26. The molecule has 0 bridgehead atoms. The molecular formula is C17H29N3O. The van der Waals surface area contributed by atoms with Gasteiger partial charge < -0.3 is 10.8 Å². The molecule has 3 N–H and O–H groups in total. The molecule has 118 valence electrons. The van der Waals surface area contributed by atoms with Gasteiger partial charge in [0, 0.05) is 29.9 Å². The molecule has 0 aliphatic carbocycles. The van der Waals surface area contributed by atoms with Crippen LogP contribution in [-0.2, 0) is 13.1 Å². The maximum atomic E-state index is 10.5. The minimum Gasteiger partial charge on any atom is -0.507 e. The smallest absolute Gasteiger partial charge is 0.124 e. The van der Waals surface area contributed by atoms with Crippen LogP contribution >= 0.6 is 0 Å². The Morgan fingerprint density at radius 1 is 0.857 bits per heavy atom. The Bertz CT molecular complexity index is 424. The number of phenolic OH excluding ortho intramolecular Hbond substituents is 1. The molecule has 21 heavy (non-hydrogen) atoms. The lowest BCUT2D eigenvalue weighted by Gasteiger charge is -2.20. The van der Waals surface area contributed by atoms with Crippen LogP contribution in [0.1, 0.15) is 44.2 Å². The predicted octanol–water partition coefficient (Wildman–Crippen LogP) is 2.80. The lowest BCUT2D eigenvalue weighted by Crippen LogP contribution is -2.20. The molecule has 2 heterocycles. The predicted molar refractivity (Wildman–Crippen MR) is 88.3 cm³/mol. The first-order valence-corrected chi connectivity index (χ1v) is 7.77. The third-order valence-corrected chi connectivity index (χ3v) is 4.48. The highest BCUT2D eigenvalue weighted by atomic mass is 16.3. The number of rotatable bonds is 4. The van der Waals surface area contributed by atoms with Gasteiger partial charge in [-0.2, -0.15) is 0 Å². The van der Waals surface area contributed by atoms with Crippen LogP contribution in [0, 0.1) is 0 Å². The van der Waals surface area contributed by atoms with E-state index >= 15 is 0 Å². The average molecular weight is 291 g/mol. The number of benzene rings is 1. The molecule has 2 aliphatic heterocycles. The van der Waals surface area contributed by atoms with Gasteiger partial charge in [-0.1, -0.05) is 7.43 Å². The zero-order valence-electron chi connectivity index (χ0n) is 12.1. The SMILES string of the molecule is C.Nc1cc(CN2CCCC2)c(O)c(CN2CCCC2)c1. The molecule has 4 nitrogen and oxygen atoms in total. The molecular weight excluding hydrogens is 262 g/mol. The van der Waals surface area contributed by atoms with Crippen molar-refractivity contribution in [3.63, 3.8) is 0 Å². The summed E-state index contributed by atoms with van der Waals surface area (Å²) < 4.78 is 0. The number of nitrogens with two attached hydrogens (primary N) is 1. The third kappa shape index (κ3) is 3.89. The molecule has 0 radical (unpaired) electrons. The van der Waals surface area contributed by atoms with Crippen LogP contribution in [0.15, 0.2) is 12.1 Å². The number of phenols is 1. The largest absolute Gasteiger partial charge is 0.507 e. The van der Waals surface area contributed by atoms with E-state index < -0.39 is 0 Å². The van der Waals surface area contributed by atoms with E-state index in [0.717, 1.165) is 56.1 Å². The molecule has 1 aromatic rings. The second-order valence-electron chi connectivity index (χ2n) is 6.15. The van der Waals surface area contributed by atoms with Crippen molar-refractivity contribution in [2.45, 2.75) is 46.2 Å². The standard InChI is InChI=1S/C16H25N3O.CH4/c17-15-9-13(11-18-5-1-2-6-18)16(20)14(10-15)12-19-7-3-4-8-19;/h9-10,20H,1-8,11-12,17H2;1H4. The van der Waals surface area contributed by atoms with Gasteiger partial charge in [0.2, 0.25) is 0 Å². The van der Waals surface area contributed by atoms with Gasteiger partial charge in [-0.25, -0.2) is 0 Å². The highest BCUT2D eigenvalue weighted by Gasteiger charge is 2.18. The van der Waals surface area contributed by atoms with Crippen molar-refractivity contribution in [3.05, 3.63) is 23.3 Å². The Morgan fingerprint density at radius 2 is 1.24 bits per heavy atom. The first kappa shape index (κ1) is 16.1. The molecule has 2 aliphatic rings. The van der Waals surface area contributed by atoms with Gasteiger partial charge in [0.05, 0.1) is 0 Å². The number of aromatic hydroxyl groups is 1. The van der Waals surface area contributed by atoms with E-state index in [-0.39, 0.29) is 7.43 Å². The molecule has 0 spiro atoms.